The Morgan fingerprint density at radius 1 is 1.10 bits per heavy atom. The van der Waals surface area contributed by atoms with Crippen molar-refractivity contribution in [3.05, 3.63) is 76.7 Å². The fraction of sp³-hybridized carbons (Fsp3) is 0.360. The molecule has 30 heavy (non-hydrogen) atoms. The molecule has 1 amide bonds. The van der Waals surface area contributed by atoms with Crippen LogP contribution in [0.2, 0.25) is 0 Å². The average molecular weight is 420 g/mol. The van der Waals surface area contributed by atoms with Gasteiger partial charge in [0.1, 0.15) is 0 Å². The third-order valence-corrected chi connectivity index (χ3v) is 6.52. The van der Waals surface area contributed by atoms with Gasteiger partial charge in [0, 0.05) is 31.5 Å². The van der Waals surface area contributed by atoms with Gasteiger partial charge in [0.2, 0.25) is 5.91 Å². The molecule has 1 aliphatic rings. The van der Waals surface area contributed by atoms with E-state index in [9.17, 15) is 4.79 Å². The first-order valence-corrected chi connectivity index (χ1v) is 11.5. The Hall–Kier alpha value is -2.50. The van der Waals surface area contributed by atoms with Crippen LogP contribution in [0.3, 0.4) is 0 Å². The molecule has 156 valence electrons. The summed E-state index contributed by atoms with van der Waals surface area (Å²) in [4.78, 5) is 19.8. The summed E-state index contributed by atoms with van der Waals surface area (Å²) in [5.41, 5.74) is 4.56. The van der Waals surface area contributed by atoms with E-state index in [-0.39, 0.29) is 17.4 Å². The monoisotopic (exact) mass is 419 g/mol. The fourth-order valence-electron chi connectivity index (χ4n) is 4.30. The molecule has 4 nitrogen and oxygen atoms in total. The lowest BCUT2D eigenvalue weighted by Crippen LogP contribution is -2.46. The second-order valence-corrected chi connectivity index (χ2v) is 9.39. The van der Waals surface area contributed by atoms with Gasteiger partial charge in [-0.05, 0) is 84.4 Å². The summed E-state index contributed by atoms with van der Waals surface area (Å²) < 4.78 is 0. The summed E-state index contributed by atoms with van der Waals surface area (Å²) in [6.07, 6.45) is 5.31. The largest absolute Gasteiger partial charge is 0.353 e. The number of likely N-dealkylation sites (tertiary alicyclic amines) is 1. The van der Waals surface area contributed by atoms with Crippen LogP contribution in [-0.4, -0.2) is 34.9 Å². The van der Waals surface area contributed by atoms with Gasteiger partial charge in [-0.15, -0.1) is 0 Å². The molecule has 0 aliphatic carbocycles. The summed E-state index contributed by atoms with van der Waals surface area (Å²) in [5, 5.41) is 7.46. The second kappa shape index (κ2) is 9.11. The van der Waals surface area contributed by atoms with E-state index in [1.165, 1.54) is 22.3 Å². The first-order valence-electron chi connectivity index (χ1n) is 10.6. The van der Waals surface area contributed by atoms with Crippen molar-refractivity contribution < 1.29 is 4.79 Å². The average Bonchev–Trinajstić information content (AvgIpc) is 3.40. The standard InChI is InChI=1S/C25H29N3OS/c1-19(2)27-24(29)25(10-13-28(18-25)16-21-7-11-26-12-8-21)15-20-3-5-22(6-4-20)23-9-14-30-17-23/h3-9,11-12,14,17,19H,10,13,15-16,18H2,1-2H3,(H,27,29). The van der Waals surface area contributed by atoms with E-state index in [0.29, 0.717) is 0 Å². The van der Waals surface area contributed by atoms with Gasteiger partial charge in [0.05, 0.1) is 5.41 Å². The van der Waals surface area contributed by atoms with Crippen LogP contribution in [0.4, 0.5) is 0 Å². The van der Waals surface area contributed by atoms with Crippen LogP contribution in [-0.2, 0) is 17.8 Å². The Balaban J connectivity index is 1.52. The van der Waals surface area contributed by atoms with Crippen molar-refractivity contribution in [1.82, 2.24) is 15.2 Å². The normalized spacial score (nSPS) is 19.3. The van der Waals surface area contributed by atoms with Crippen LogP contribution < -0.4 is 5.32 Å². The number of hydrogen-bond acceptors (Lipinski definition) is 4. The number of thiophene rings is 1. The number of nitrogens with one attached hydrogen (secondary N) is 1. The highest BCUT2D eigenvalue weighted by atomic mass is 32.1. The fourth-order valence-corrected chi connectivity index (χ4v) is 4.96. The summed E-state index contributed by atoms with van der Waals surface area (Å²) in [5.74, 6) is 0.177. The minimum Gasteiger partial charge on any atom is -0.353 e. The van der Waals surface area contributed by atoms with Crippen LogP contribution in [0.5, 0.6) is 0 Å². The Bertz CT molecular complexity index is 954. The van der Waals surface area contributed by atoms with E-state index in [4.69, 9.17) is 0 Å². The van der Waals surface area contributed by atoms with Crippen molar-refractivity contribution in [2.24, 2.45) is 5.41 Å². The quantitative estimate of drug-likeness (QED) is 0.600. The van der Waals surface area contributed by atoms with Crippen LogP contribution >= 0.6 is 11.3 Å². The molecule has 0 spiro atoms. The van der Waals surface area contributed by atoms with E-state index in [1.54, 1.807) is 11.3 Å². The molecule has 1 saturated heterocycles. The molecule has 0 radical (unpaired) electrons. The van der Waals surface area contributed by atoms with E-state index in [1.807, 2.05) is 26.2 Å². The maximum absolute atomic E-state index is 13.3. The van der Waals surface area contributed by atoms with Gasteiger partial charge in [-0.2, -0.15) is 11.3 Å². The predicted molar refractivity (Wildman–Crippen MR) is 123 cm³/mol. The smallest absolute Gasteiger partial charge is 0.228 e. The minimum atomic E-state index is -0.388. The lowest BCUT2D eigenvalue weighted by atomic mass is 9.79. The predicted octanol–water partition coefficient (Wildman–Crippen LogP) is 4.77. The molecule has 1 N–H and O–H groups in total. The molecule has 4 rings (SSSR count). The van der Waals surface area contributed by atoms with Gasteiger partial charge in [-0.3, -0.25) is 14.7 Å². The van der Waals surface area contributed by atoms with Crippen LogP contribution in [0, 0.1) is 5.41 Å². The number of aromatic nitrogens is 1. The summed E-state index contributed by atoms with van der Waals surface area (Å²) in [7, 11) is 0. The summed E-state index contributed by atoms with van der Waals surface area (Å²) >= 11 is 1.71. The lowest BCUT2D eigenvalue weighted by molar-refractivity contribution is -0.131. The van der Waals surface area contributed by atoms with Crippen molar-refractivity contribution in [3.8, 4) is 11.1 Å². The number of amides is 1. The molecular weight excluding hydrogens is 390 g/mol. The maximum Gasteiger partial charge on any atom is 0.228 e. The Morgan fingerprint density at radius 2 is 1.87 bits per heavy atom. The van der Waals surface area contributed by atoms with Crippen molar-refractivity contribution in [2.45, 2.75) is 39.3 Å². The highest BCUT2D eigenvalue weighted by Gasteiger charge is 2.44. The third kappa shape index (κ3) is 4.79. The van der Waals surface area contributed by atoms with Crippen LogP contribution in [0.25, 0.3) is 11.1 Å². The van der Waals surface area contributed by atoms with Gasteiger partial charge < -0.3 is 5.32 Å². The van der Waals surface area contributed by atoms with Crippen molar-refractivity contribution >= 4 is 17.2 Å². The Kier molecular flexibility index (Phi) is 6.30. The number of carbonyl (C=O) groups is 1. The summed E-state index contributed by atoms with van der Waals surface area (Å²) in [6.45, 7) is 6.63. The van der Waals surface area contributed by atoms with Crippen molar-refractivity contribution in [3.63, 3.8) is 0 Å². The molecule has 1 fully saturated rings. The number of carbonyl (C=O) groups excluding carboxylic acids is 1. The van der Waals surface area contributed by atoms with Crippen LogP contribution in [0.15, 0.2) is 65.6 Å². The topological polar surface area (TPSA) is 45.2 Å². The molecule has 1 atom stereocenters. The molecule has 2 aromatic heterocycles. The molecule has 3 heterocycles. The van der Waals surface area contributed by atoms with E-state index in [0.717, 1.165) is 32.5 Å². The van der Waals surface area contributed by atoms with Crippen molar-refractivity contribution in [1.29, 1.82) is 0 Å². The number of benzene rings is 1. The molecule has 1 unspecified atom stereocenters. The zero-order valence-electron chi connectivity index (χ0n) is 17.7. The molecular formula is C25H29N3OS. The third-order valence-electron chi connectivity index (χ3n) is 5.84. The first kappa shape index (κ1) is 20.8. The maximum atomic E-state index is 13.3. The molecule has 1 aromatic carbocycles. The van der Waals surface area contributed by atoms with Gasteiger partial charge in [-0.25, -0.2) is 0 Å². The SMILES string of the molecule is CC(C)NC(=O)C1(Cc2ccc(-c3ccsc3)cc2)CCN(Cc2ccncc2)C1. The summed E-state index contributed by atoms with van der Waals surface area (Å²) in [6, 6.07) is 15.1. The van der Waals surface area contributed by atoms with E-state index < -0.39 is 0 Å². The van der Waals surface area contributed by atoms with E-state index >= 15 is 0 Å². The minimum absolute atomic E-state index is 0.143. The van der Waals surface area contributed by atoms with E-state index in [2.05, 4.69) is 68.4 Å². The molecule has 5 heteroatoms. The second-order valence-electron chi connectivity index (χ2n) is 8.61. The van der Waals surface area contributed by atoms with Gasteiger partial charge in [-0.1, -0.05) is 24.3 Å². The Labute approximate surface area is 183 Å². The lowest BCUT2D eigenvalue weighted by Gasteiger charge is -2.30. The zero-order chi connectivity index (χ0) is 21.0. The molecule has 3 aromatic rings. The van der Waals surface area contributed by atoms with Gasteiger partial charge in [0.15, 0.2) is 0 Å². The van der Waals surface area contributed by atoms with Crippen LogP contribution in [0.1, 0.15) is 31.4 Å². The highest BCUT2D eigenvalue weighted by molar-refractivity contribution is 7.08. The van der Waals surface area contributed by atoms with Gasteiger partial charge in [0.25, 0.3) is 0 Å². The number of rotatable bonds is 7. The molecule has 1 aliphatic heterocycles. The van der Waals surface area contributed by atoms with Crippen molar-refractivity contribution in [2.75, 3.05) is 13.1 Å². The number of nitrogens with zero attached hydrogens (tertiary/aromatic N) is 2. The number of pyridine rings is 1. The highest BCUT2D eigenvalue weighted by Crippen LogP contribution is 2.36. The molecule has 0 bridgehead atoms. The first-order chi connectivity index (χ1) is 14.5. The zero-order valence-corrected chi connectivity index (χ0v) is 18.5. The Morgan fingerprint density at radius 3 is 2.53 bits per heavy atom. The number of hydrogen-bond donors (Lipinski definition) is 1. The van der Waals surface area contributed by atoms with Gasteiger partial charge >= 0.3 is 0 Å². The molecule has 0 saturated carbocycles.